The number of amides is 1. The molecule has 0 saturated heterocycles. The molecule has 0 radical (unpaired) electrons. The number of allylic oxidation sites excluding steroid dienone is 2. The van der Waals surface area contributed by atoms with E-state index in [2.05, 4.69) is 46.2 Å². The molecule has 212 valence electrons. The number of ether oxygens (including phenoxy) is 2. The molecule has 2 aliphatic rings. The Morgan fingerprint density at radius 1 is 1.12 bits per heavy atom. The van der Waals surface area contributed by atoms with E-state index in [0.717, 1.165) is 40.3 Å². The minimum absolute atomic E-state index is 0.0515. The minimum Gasteiger partial charge on any atom is -0.493 e. The highest BCUT2D eigenvalue weighted by Crippen LogP contribution is 2.52. The molecule has 1 aliphatic heterocycles. The molecule has 9 nitrogen and oxygen atoms in total. The number of rotatable bonds is 10. The molecule has 0 unspecified atom stereocenters. The fraction of sp³-hybridized carbons (Fsp3) is 0.290. The van der Waals surface area contributed by atoms with Crippen LogP contribution in [0, 0.1) is 16.0 Å². The molecule has 0 saturated carbocycles. The van der Waals surface area contributed by atoms with Crippen molar-refractivity contribution in [2.75, 3.05) is 25.3 Å². The van der Waals surface area contributed by atoms with Crippen molar-refractivity contribution >= 4 is 34.8 Å². The van der Waals surface area contributed by atoms with Crippen LogP contribution in [0.15, 0.2) is 77.9 Å². The van der Waals surface area contributed by atoms with Crippen molar-refractivity contribution in [3.05, 3.63) is 105 Å². The smallest absolute Gasteiger partial charge is 0.269 e. The van der Waals surface area contributed by atoms with Gasteiger partial charge in [0.15, 0.2) is 11.5 Å². The Bertz CT molecular complexity index is 1500. The van der Waals surface area contributed by atoms with E-state index >= 15 is 0 Å². The maximum absolute atomic E-state index is 12.4. The Morgan fingerprint density at radius 3 is 2.66 bits per heavy atom. The second-order valence-corrected chi connectivity index (χ2v) is 11.0. The third-order valence-electron chi connectivity index (χ3n) is 7.55. The van der Waals surface area contributed by atoms with Crippen molar-refractivity contribution in [2.45, 2.75) is 31.1 Å². The van der Waals surface area contributed by atoms with Gasteiger partial charge in [-0.25, -0.2) is 5.43 Å². The molecule has 1 amide bonds. The van der Waals surface area contributed by atoms with Gasteiger partial charge in [0.25, 0.3) is 5.69 Å². The van der Waals surface area contributed by atoms with E-state index in [9.17, 15) is 14.9 Å². The van der Waals surface area contributed by atoms with Crippen LogP contribution < -0.4 is 20.2 Å². The Morgan fingerprint density at radius 2 is 1.93 bits per heavy atom. The van der Waals surface area contributed by atoms with E-state index in [-0.39, 0.29) is 29.3 Å². The summed E-state index contributed by atoms with van der Waals surface area (Å²) in [5, 5.41) is 18.9. The average Bonchev–Trinajstić information content (AvgIpc) is 3.49. The predicted octanol–water partition coefficient (Wildman–Crippen LogP) is 6.21. The number of carbonyl (C=O) groups is 1. The van der Waals surface area contributed by atoms with Gasteiger partial charge in [0, 0.05) is 35.1 Å². The quantitative estimate of drug-likeness (QED) is 0.128. The number of fused-ring (bicyclic) bond motifs is 3. The van der Waals surface area contributed by atoms with E-state index < -0.39 is 4.92 Å². The lowest BCUT2D eigenvalue weighted by molar-refractivity contribution is -0.384. The first-order valence-corrected chi connectivity index (χ1v) is 14.5. The molecule has 2 N–H and O–H groups in total. The maximum atomic E-state index is 12.4. The molecular weight excluding hydrogens is 540 g/mol. The number of anilines is 1. The zero-order chi connectivity index (χ0) is 28.9. The van der Waals surface area contributed by atoms with Crippen LogP contribution >= 0.6 is 11.8 Å². The number of nitro benzene ring substituents is 1. The second-order valence-electron chi connectivity index (χ2n) is 10.0. The van der Waals surface area contributed by atoms with Gasteiger partial charge in [0.2, 0.25) is 5.91 Å². The highest BCUT2D eigenvalue weighted by Gasteiger charge is 2.39. The van der Waals surface area contributed by atoms with Crippen molar-refractivity contribution in [2.24, 2.45) is 11.0 Å². The monoisotopic (exact) mass is 572 g/mol. The first kappa shape index (κ1) is 28.2. The number of non-ortho nitro benzene ring substituents is 1. The summed E-state index contributed by atoms with van der Waals surface area (Å²) in [4.78, 5) is 22.8. The maximum Gasteiger partial charge on any atom is 0.269 e. The second kappa shape index (κ2) is 12.5. The zero-order valence-electron chi connectivity index (χ0n) is 23.1. The van der Waals surface area contributed by atoms with Crippen LogP contribution in [0.5, 0.6) is 11.5 Å². The molecule has 3 aromatic carbocycles. The highest BCUT2D eigenvalue weighted by atomic mass is 32.2. The molecule has 0 aromatic heterocycles. The number of para-hydroxylation sites is 1. The molecule has 3 aromatic rings. The molecular formula is C31H32N4O5S. The van der Waals surface area contributed by atoms with Crippen molar-refractivity contribution < 1.29 is 19.2 Å². The predicted molar refractivity (Wildman–Crippen MR) is 162 cm³/mol. The van der Waals surface area contributed by atoms with Crippen molar-refractivity contribution in [3.63, 3.8) is 0 Å². The minimum atomic E-state index is -0.428. The molecule has 5 rings (SSSR count). The van der Waals surface area contributed by atoms with Crippen LogP contribution in [-0.2, 0) is 10.5 Å². The first-order chi connectivity index (χ1) is 19.9. The van der Waals surface area contributed by atoms with Crippen molar-refractivity contribution in [1.29, 1.82) is 0 Å². The molecule has 0 spiro atoms. The summed E-state index contributed by atoms with van der Waals surface area (Å²) in [6, 6.07) is 18.7. The van der Waals surface area contributed by atoms with Gasteiger partial charge in [0.05, 0.1) is 36.6 Å². The van der Waals surface area contributed by atoms with Crippen LogP contribution in [-0.4, -0.2) is 36.5 Å². The molecule has 3 atom stereocenters. The van der Waals surface area contributed by atoms with Gasteiger partial charge < -0.3 is 14.8 Å². The summed E-state index contributed by atoms with van der Waals surface area (Å²) in [6.07, 6.45) is 5.48. The zero-order valence-corrected chi connectivity index (χ0v) is 23.9. The summed E-state index contributed by atoms with van der Waals surface area (Å²) in [7, 11) is 3.33. The van der Waals surface area contributed by atoms with Crippen LogP contribution in [0.3, 0.4) is 0 Å². The topological polar surface area (TPSA) is 115 Å². The number of hydrogen-bond acceptors (Lipinski definition) is 8. The van der Waals surface area contributed by atoms with E-state index in [1.807, 2.05) is 25.1 Å². The number of nitrogens with one attached hydrogen (secondary N) is 2. The third kappa shape index (κ3) is 6.07. The van der Waals surface area contributed by atoms with E-state index in [4.69, 9.17) is 9.47 Å². The summed E-state index contributed by atoms with van der Waals surface area (Å²) < 4.78 is 11.3. The molecule has 1 aliphatic carbocycles. The Hall–Kier alpha value is -4.31. The van der Waals surface area contributed by atoms with E-state index in [1.165, 1.54) is 29.5 Å². The van der Waals surface area contributed by atoms with Gasteiger partial charge >= 0.3 is 0 Å². The number of nitrogens with zero attached hydrogens (tertiary/aromatic N) is 2. The fourth-order valence-corrected chi connectivity index (χ4v) is 6.28. The normalized spacial score (nSPS) is 19.1. The number of thioether (sulfide) groups is 1. The van der Waals surface area contributed by atoms with Crippen LogP contribution in [0.25, 0.3) is 0 Å². The Kier molecular flexibility index (Phi) is 8.58. The van der Waals surface area contributed by atoms with Crippen molar-refractivity contribution in [3.8, 4) is 11.5 Å². The average molecular weight is 573 g/mol. The summed E-state index contributed by atoms with van der Waals surface area (Å²) in [5.74, 6) is 2.63. The summed E-state index contributed by atoms with van der Waals surface area (Å²) >= 11 is 1.42. The lowest BCUT2D eigenvalue weighted by Crippen LogP contribution is -2.29. The summed E-state index contributed by atoms with van der Waals surface area (Å²) in [6.45, 7) is 1.88. The lowest BCUT2D eigenvalue weighted by atomic mass is 9.76. The highest BCUT2D eigenvalue weighted by molar-refractivity contribution is 7.99. The molecule has 10 heteroatoms. The number of nitro groups is 1. The van der Waals surface area contributed by atoms with Crippen LogP contribution in [0.4, 0.5) is 11.4 Å². The van der Waals surface area contributed by atoms with Gasteiger partial charge in [-0.05, 0) is 54.2 Å². The van der Waals surface area contributed by atoms with Gasteiger partial charge in [-0.15, -0.1) is 11.8 Å². The third-order valence-corrected chi connectivity index (χ3v) is 8.55. The van der Waals surface area contributed by atoms with Crippen LogP contribution in [0.2, 0.25) is 0 Å². The van der Waals surface area contributed by atoms with Gasteiger partial charge in [0.1, 0.15) is 0 Å². The number of hydrazone groups is 1. The fourth-order valence-electron chi connectivity index (χ4n) is 5.50. The SMILES string of the molecule is COc1cccc([C@@H]2Nc3ccc(/C(C)=N\NC(=O)CSCc4ccc([N+](=O)[O-])cc4)cc3[C@@H]3C=CC[C@@H]32)c1OC. The molecule has 1 heterocycles. The number of benzene rings is 3. The number of methoxy groups -OCH3 is 2. The van der Waals surface area contributed by atoms with Gasteiger partial charge in [-0.3, -0.25) is 14.9 Å². The summed E-state index contributed by atoms with van der Waals surface area (Å²) in [5.41, 5.74) is 8.64. The number of carbonyl (C=O) groups excluding carboxylic acids is 1. The number of hydrogen-bond donors (Lipinski definition) is 2. The Balaban J connectivity index is 1.25. The van der Waals surface area contributed by atoms with Gasteiger partial charge in [-0.1, -0.05) is 42.5 Å². The largest absolute Gasteiger partial charge is 0.493 e. The van der Waals surface area contributed by atoms with Crippen LogP contribution in [0.1, 0.15) is 47.6 Å². The molecule has 41 heavy (non-hydrogen) atoms. The van der Waals surface area contributed by atoms with E-state index in [0.29, 0.717) is 17.4 Å². The lowest BCUT2D eigenvalue weighted by Gasteiger charge is -2.38. The van der Waals surface area contributed by atoms with E-state index in [1.54, 1.807) is 26.4 Å². The molecule has 0 bridgehead atoms. The standard InChI is InChI=1S/C31H32N4O5S/c1-19(33-34-29(36)18-41-17-20-10-13-22(14-11-20)35(37)38)21-12-15-27-26(16-21)23-6-4-7-24(23)30(32-27)25-8-5-9-28(39-2)31(25)40-3/h4-6,8-16,23-24,30,32H,7,17-18H2,1-3H3,(H,34,36)/b33-19-/t23-,24+,30-/m1/s1. The Labute approximate surface area is 243 Å². The van der Waals surface area contributed by atoms with Crippen molar-refractivity contribution in [1.82, 2.24) is 5.43 Å². The van der Waals surface area contributed by atoms with Gasteiger partial charge in [-0.2, -0.15) is 5.10 Å². The first-order valence-electron chi connectivity index (χ1n) is 13.3. The molecule has 0 fully saturated rings.